The molecule has 0 spiro atoms. The second-order valence-corrected chi connectivity index (χ2v) is 5.21. The van der Waals surface area contributed by atoms with E-state index >= 15 is 0 Å². The van der Waals surface area contributed by atoms with Crippen molar-refractivity contribution in [1.29, 1.82) is 0 Å². The summed E-state index contributed by atoms with van der Waals surface area (Å²) in [5, 5.41) is 0. The molecule has 1 aliphatic carbocycles. The average molecular weight is 409 g/mol. The van der Waals surface area contributed by atoms with Crippen molar-refractivity contribution >= 4 is 15.9 Å². The van der Waals surface area contributed by atoms with Gasteiger partial charge in [-0.25, -0.2) is 0 Å². The van der Waals surface area contributed by atoms with Gasteiger partial charge in [0, 0.05) is 0 Å². The van der Waals surface area contributed by atoms with Crippen molar-refractivity contribution in [2.75, 3.05) is 7.05 Å². The number of halogens is 4. The Morgan fingerprint density at radius 3 is 2.33 bits per heavy atom. The molecule has 2 aliphatic rings. The molecule has 6 heteroatoms. The van der Waals surface area contributed by atoms with Gasteiger partial charge < -0.3 is 37.2 Å². The van der Waals surface area contributed by atoms with Crippen LogP contribution in [0.4, 0.5) is 0 Å². The molecule has 1 nitrogen and oxygen atoms in total. The maximum Gasteiger partial charge on any atom is -1.00 e. The van der Waals surface area contributed by atoms with E-state index in [0.717, 1.165) is 0 Å². The molecule has 1 aliphatic heterocycles. The van der Waals surface area contributed by atoms with Gasteiger partial charge in [0.2, 0.25) is 0 Å². The molecule has 0 aromatic rings. The summed E-state index contributed by atoms with van der Waals surface area (Å²) in [5.41, 5.74) is 2.88. The Morgan fingerprint density at radius 1 is 1.33 bits per heavy atom. The Morgan fingerprint density at radius 2 is 1.87 bits per heavy atom. The van der Waals surface area contributed by atoms with Crippen molar-refractivity contribution in [3.8, 4) is 0 Å². The van der Waals surface area contributed by atoms with Crippen LogP contribution in [0.2, 0.25) is 0 Å². The van der Waals surface area contributed by atoms with Crippen LogP contribution in [-0.4, -0.2) is 18.0 Å². The van der Waals surface area contributed by atoms with Gasteiger partial charge in [-0.2, -0.15) is 0 Å². The molecule has 0 fully saturated rings. The molecular weight excluding hydrogens is 400 g/mol. The Hall–Kier alpha value is 1.25. The van der Waals surface area contributed by atoms with Crippen LogP contribution >= 0.6 is 15.9 Å². The summed E-state index contributed by atoms with van der Waals surface area (Å²) in [6.45, 7) is 2.16. The summed E-state index contributed by atoms with van der Waals surface area (Å²) in [6, 6.07) is 0.508. The zero-order chi connectivity index (χ0) is 8.88. The fourth-order valence-corrected chi connectivity index (χ4v) is 3.10. The van der Waals surface area contributed by atoms with E-state index in [9.17, 15) is 0 Å². The first-order chi connectivity index (χ1) is 5.61. The molecule has 1 unspecified atom stereocenters. The number of rotatable bonds is 0. The molecule has 82 valence electrons. The molecule has 15 heavy (non-hydrogen) atoms. The van der Waals surface area contributed by atoms with Gasteiger partial charge in [0.1, 0.15) is 0 Å². The first-order valence-corrected chi connectivity index (χ1v) is 5.88. The van der Waals surface area contributed by atoms with Crippen LogP contribution in [0.5, 0.6) is 0 Å². The number of nitrogens with zero attached hydrogens (tertiary/aromatic N) is 1. The first kappa shape index (κ1) is 18.6. The third-order valence-electron chi connectivity index (χ3n) is 2.34. The largest absolute Gasteiger partial charge is 1.00 e. The predicted molar refractivity (Wildman–Crippen MR) is 49.3 cm³/mol. The minimum atomic E-state index is 0. The van der Waals surface area contributed by atoms with Crippen LogP contribution in [0.3, 0.4) is 0 Å². The maximum absolute atomic E-state index is 3.60. The quantitative estimate of drug-likeness (QED) is 0.360. The minimum absolute atomic E-state index is 0. The molecule has 0 N–H and O–H groups in total. The summed E-state index contributed by atoms with van der Waals surface area (Å²) >= 11 is 5.09. The van der Waals surface area contributed by atoms with Gasteiger partial charge in [0.05, 0.1) is 0 Å². The molecule has 0 saturated carbocycles. The van der Waals surface area contributed by atoms with Gasteiger partial charge in [0.15, 0.2) is 0 Å². The van der Waals surface area contributed by atoms with E-state index in [1.165, 1.54) is 43.8 Å². The van der Waals surface area contributed by atoms with E-state index in [1.807, 2.05) is 0 Å². The number of likely N-dealkylation sites (N-methyl/N-ethyl adjacent to an activating group) is 1. The molecule has 2 rings (SSSR count). The Bertz CT molecular complexity index is 338. The molecular formula is C9H9BrCl3NZr. The van der Waals surface area contributed by atoms with Crippen LogP contribution in [0.25, 0.3) is 0 Å². The maximum atomic E-state index is 3.60. The average Bonchev–Trinajstić information content (AvgIpc) is 2.49. The van der Waals surface area contributed by atoms with Crippen molar-refractivity contribution in [3.63, 3.8) is 0 Å². The minimum Gasteiger partial charge on any atom is -1.00 e. The smallest absolute Gasteiger partial charge is 1.00 e. The van der Waals surface area contributed by atoms with Gasteiger partial charge in [0.25, 0.3) is 0 Å². The van der Waals surface area contributed by atoms with Crippen LogP contribution in [0, 0.1) is 0 Å². The molecule has 0 amide bonds. The number of allylic oxidation sites excluding steroid dienone is 2. The van der Waals surface area contributed by atoms with Gasteiger partial charge in [-0.1, -0.05) is 0 Å². The van der Waals surface area contributed by atoms with Gasteiger partial charge in [-0.15, -0.1) is 0 Å². The van der Waals surface area contributed by atoms with Gasteiger partial charge >= 0.3 is 96.7 Å². The van der Waals surface area contributed by atoms with Crippen molar-refractivity contribution in [2.24, 2.45) is 0 Å². The Balaban J connectivity index is 0. The number of hydrogen-bond donors (Lipinski definition) is 0. The van der Waals surface area contributed by atoms with Crippen molar-refractivity contribution in [3.05, 3.63) is 31.2 Å². The van der Waals surface area contributed by atoms with E-state index in [-0.39, 0.29) is 37.2 Å². The number of fused-ring (bicyclic) bond motifs is 1. The number of hydrogen-bond acceptors (Lipinski definition) is 1. The van der Waals surface area contributed by atoms with E-state index in [0.29, 0.717) is 6.04 Å². The standard InChI is InChI=1S/C9H9BrN.3ClH.Zr/c1-6-3-7-5-9(10)11(2)8(7)4-6;;;;/h3-4,8H,1-2H3;3*1H;/q;;;;+3/p-3. The first-order valence-electron chi connectivity index (χ1n) is 3.86. The van der Waals surface area contributed by atoms with E-state index in [2.05, 4.69) is 47.0 Å². The molecule has 0 aromatic carbocycles. The monoisotopic (exact) mass is 405 g/mol. The topological polar surface area (TPSA) is 3.24 Å². The zero-order valence-electron chi connectivity index (χ0n) is 8.19. The molecule has 1 atom stereocenters. The molecule has 0 aromatic heterocycles. The summed E-state index contributed by atoms with van der Waals surface area (Å²) in [5.74, 6) is 0. The molecule has 1 heterocycles. The summed E-state index contributed by atoms with van der Waals surface area (Å²) in [6.07, 6.45) is 4.60. The molecule has 0 bridgehead atoms. The van der Waals surface area contributed by atoms with Crippen molar-refractivity contribution in [2.45, 2.75) is 13.0 Å². The Labute approximate surface area is 133 Å². The molecule has 0 radical (unpaired) electrons. The van der Waals surface area contributed by atoms with E-state index < -0.39 is 0 Å². The van der Waals surface area contributed by atoms with Crippen LogP contribution < -0.4 is 37.2 Å². The fourth-order valence-electron chi connectivity index (χ4n) is 1.68. The van der Waals surface area contributed by atoms with E-state index in [4.69, 9.17) is 0 Å². The summed E-state index contributed by atoms with van der Waals surface area (Å²) in [4.78, 5) is 2.28. The van der Waals surface area contributed by atoms with Crippen LogP contribution in [0.1, 0.15) is 6.92 Å². The molecule has 0 saturated heterocycles. The second kappa shape index (κ2) is 6.86. The normalized spacial score (nSPS) is 22.2. The van der Waals surface area contributed by atoms with Crippen LogP contribution in [-0.2, 0) is 24.7 Å². The fraction of sp³-hybridized carbons (Fsp3) is 0.333. The Kier molecular flexibility index (Phi) is 8.51. The summed E-state index contributed by atoms with van der Waals surface area (Å²) < 4.78 is 2.73. The third kappa shape index (κ3) is 3.13. The van der Waals surface area contributed by atoms with Crippen LogP contribution in [0.15, 0.2) is 31.2 Å². The van der Waals surface area contributed by atoms with Gasteiger partial charge in [-0.05, 0) is 0 Å². The SMILES string of the molecule is CC1=CC2C(=C1)[C]([Zr+3])=C(Br)N2C.[Cl-].[Cl-].[Cl-]. The van der Waals surface area contributed by atoms with Crippen molar-refractivity contribution < 1.29 is 61.9 Å². The van der Waals surface area contributed by atoms with Gasteiger partial charge in [-0.3, -0.25) is 0 Å². The second-order valence-electron chi connectivity index (χ2n) is 3.23. The van der Waals surface area contributed by atoms with E-state index in [1.54, 1.807) is 0 Å². The summed E-state index contributed by atoms with van der Waals surface area (Å²) in [7, 11) is 2.13. The predicted octanol–water partition coefficient (Wildman–Crippen LogP) is -6.69. The zero-order valence-corrected chi connectivity index (χ0v) is 14.5. The third-order valence-corrected chi connectivity index (χ3v) is 5.49. The van der Waals surface area contributed by atoms with Crippen molar-refractivity contribution in [1.82, 2.24) is 4.90 Å².